The predicted molar refractivity (Wildman–Crippen MR) is 78.0 cm³/mol. The van der Waals surface area contributed by atoms with E-state index < -0.39 is 0 Å². The number of hydrogen-bond donors (Lipinski definition) is 1. The minimum atomic E-state index is 0.112. The van der Waals surface area contributed by atoms with Gasteiger partial charge in [0.2, 0.25) is 0 Å². The maximum atomic E-state index is 8.97. The number of aliphatic hydroxyl groups is 1. The zero-order valence-corrected chi connectivity index (χ0v) is 11.6. The molecule has 2 nitrogen and oxygen atoms in total. The minimum Gasteiger partial charge on any atom is -0.392 e. The average Bonchev–Trinajstić information content (AvgIpc) is 2.37. The summed E-state index contributed by atoms with van der Waals surface area (Å²) in [6, 6.07) is 7.24. The molecule has 1 aromatic carbocycles. The van der Waals surface area contributed by atoms with E-state index in [1.54, 1.807) is 0 Å². The zero-order chi connectivity index (χ0) is 13.1. The topological polar surface area (TPSA) is 23.5 Å². The molecule has 98 valence electrons. The predicted octanol–water partition coefficient (Wildman–Crippen LogP) is 3.24. The van der Waals surface area contributed by atoms with Gasteiger partial charge in [-0.05, 0) is 62.4 Å². The van der Waals surface area contributed by atoms with Crippen LogP contribution in [0, 0.1) is 0 Å². The van der Waals surface area contributed by atoms with E-state index in [1.807, 2.05) is 6.08 Å². The Morgan fingerprint density at radius 3 is 2.89 bits per heavy atom. The molecule has 0 saturated heterocycles. The number of aryl methyl sites for hydroxylation is 1. The largest absolute Gasteiger partial charge is 0.392 e. The van der Waals surface area contributed by atoms with Crippen molar-refractivity contribution in [2.24, 2.45) is 0 Å². The van der Waals surface area contributed by atoms with Crippen molar-refractivity contribution in [1.29, 1.82) is 0 Å². The number of hydrogen-bond acceptors (Lipinski definition) is 2. The van der Waals surface area contributed by atoms with E-state index >= 15 is 0 Å². The fourth-order valence-electron chi connectivity index (χ4n) is 2.66. The molecule has 18 heavy (non-hydrogen) atoms. The Labute approximate surface area is 110 Å². The zero-order valence-electron chi connectivity index (χ0n) is 11.6. The lowest BCUT2D eigenvalue weighted by molar-refractivity contribution is 0.343. The average molecular weight is 245 g/mol. The number of fused-ring (bicyclic) bond motifs is 1. The molecule has 0 bridgehead atoms. The van der Waals surface area contributed by atoms with Crippen LogP contribution in [0.15, 0.2) is 24.3 Å². The molecule has 0 saturated carbocycles. The van der Waals surface area contributed by atoms with Crippen LogP contribution in [0.3, 0.4) is 0 Å². The number of nitrogens with zero attached hydrogens (tertiary/aromatic N) is 1. The Morgan fingerprint density at radius 1 is 1.44 bits per heavy atom. The van der Waals surface area contributed by atoms with Gasteiger partial charge >= 0.3 is 0 Å². The number of anilines is 1. The Kier molecular flexibility index (Phi) is 4.07. The van der Waals surface area contributed by atoms with Gasteiger partial charge in [0.05, 0.1) is 6.61 Å². The molecular weight excluding hydrogens is 222 g/mol. The van der Waals surface area contributed by atoms with E-state index in [1.165, 1.54) is 29.7 Å². The summed E-state index contributed by atoms with van der Waals surface area (Å²) in [5.74, 6) is 0. The highest BCUT2D eigenvalue weighted by atomic mass is 16.2. The summed E-state index contributed by atoms with van der Waals surface area (Å²) >= 11 is 0. The van der Waals surface area contributed by atoms with E-state index in [2.05, 4.69) is 43.9 Å². The molecule has 1 aromatic rings. The van der Waals surface area contributed by atoms with Gasteiger partial charge in [-0.15, -0.1) is 0 Å². The number of allylic oxidation sites excluding steroid dienone is 1. The molecule has 0 amide bonds. The third kappa shape index (κ3) is 2.59. The van der Waals surface area contributed by atoms with Crippen LogP contribution >= 0.6 is 0 Å². The Hall–Kier alpha value is -1.28. The van der Waals surface area contributed by atoms with Gasteiger partial charge < -0.3 is 10.0 Å². The third-order valence-corrected chi connectivity index (χ3v) is 3.71. The SMILES string of the molecule is C/C(=C/CO)c1ccc2c(c1)CCCN2C(C)C. The smallest absolute Gasteiger partial charge is 0.0618 e. The van der Waals surface area contributed by atoms with Crippen molar-refractivity contribution < 1.29 is 5.11 Å². The van der Waals surface area contributed by atoms with Gasteiger partial charge in [-0.1, -0.05) is 12.1 Å². The summed E-state index contributed by atoms with van der Waals surface area (Å²) in [7, 11) is 0. The lowest BCUT2D eigenvalue weighted by atomic mass is 9.96. The lowest BCUT2D eigenvalue weighted by Gasteiger charge is -2.35. The van der Waals surface area contributed by atoms with E-state index in [4.69, 9.17) is 5.11 Å². The molecule has 1 heterocycles. The molecule has 1 aliphatic heterocycles. The first kappa shape index (κ1) is 13.2. The summed E-state index contributed by atoms with van der Waals surface area (Å²) in [6.45, 7) is 7.83. The molecular formula is C16H23NO. The van der Waals surface area contributed by atoms with Crippen molar-refractivity contribution >= 4 is 11.3 Å². The van der Waals surface area contributed by atoms with E-state index in [0.717, 1.165) is 12.1 Å². The van der Waals surface area contributed by atoms with Gasteiger partial charge in [0.15, 0.2) is 0 Å². The number of rotatable bonds is 3. The normalized spacial score (nSPS) is 16.1. The maximum absolute atomic E-state index is 8.97. The first-order chi connectivity index (χ1) is 8.63. The summed E-state index contributed by atoms with van der Waals surface area (Å²) in [5.41, 5.74) is 5.21. The first-order valence-corrected chi connectivity index (χ1v) is 6.81. The van der Waals surface area contributed by atoms with Crippen molar-refractivity contribution in [1.82, 2.24) is 0 Å². The second-order valence-corrected chi connectivity index (χ2v) is 5.30. The summed E-state index contributed by atoms with van der Waals surface area (Å²) in [6.07, 6.45) is 4.26. The van der Waals surface area contributed by atoms with Gasteiger partial charge in [0.25, 0.3) is 0 Å². The summed E-state index contributed by atoms with van der Waals surface area (Å²) < 4.78 is 0. The fourth-order valence-corrected chi connectivity index (χ4v) is 2.66. The van der Waals surface area contributed by atoms with Crippen LogP contribution in [0.1, 0.15) is 38.3 Å². The molecule has 0 aromatic heterocycles. The van der Waals surface area contributed by atoms with Crippen molar-refractivity contribution in [2.75, 3.05) is 18.1 Å². The highest BCUT2D eigenvalue weighted by molar-refractivity contribution is 5.69. The van der Waals surface area contributed by atoms with Crippen LogP contribution in [0.4, 0.5) is 5.69 Å². The van der Waals surface area contributed by atoms with E-state index in [9.17, 15) is 0 Å². The van der Waals surface area contributed by atoms with Gasteiger partial charge in [-0.25, -0.2) is 0 Å². The van der Waals surface area contributed by atoms with Crippen LogP contribution in [0.5, 0.6) is 0 Å². The van der Waals surface area contributed by atoms with Gasteiger partial charge in [-0.3, -0.25) is 0 Å². The lowest BCUT2D eigenvalue weighted by Crippen LogP contribution is -2.35. The molecule has 0 unspecified atom stereocenters. The van der Waals surface area contributed by atoms with Gasteiger partial charge in [-0.2, -0.15) is 0 Å². The molecule has 1 N–H and O–H groups in total. The molecule has 1 aliphatic rings. The molecule has 0 aliphatic carbocycles. The van der Waals surface area contributed by atoms with Crippen molar-refractivity contribution in [3.8, 4) is 0 Å². The highest BCUT2D eigenvalue weighted by Gasteiger charge is 2.19. The summed E-state index contributed by atoms with van der Waals surface area (Å²) in [5, 5.41) is 8.97. The van der Waals surface area contributed by atoms with Crippen LogP contribution in [-0.2, 0) is 6.42 Å². The maximum Gasteiger partial charge on any atom is 0.0618 e. The Bertz CT molecular complexity index is 448. The van der Waals surface area contributed by atoms with E-state index in [0.29, 0.717) is 6.04 Å². The Morgan fingerprint density at radius 2 is 2.22 bits per heavy atom. The van der Waals surface area contributed by atoms with Crippen LogP contribution < -0.4 is 4.90 Å². The number of benzene rings is 1. The fraction of sp³-hybridized carbons (Fsp3) is 0.500. The van der Waals surface area contributed by atoms with Crippen molar-refractivity contribution in [3.63, 3.8) is 0 Å². The van der Waals surface area contributed by atoms with Crippen molar-refractivity contribution in [2.45, 2.75) is 39.7 Å². The molecule has 0 radical (unpaired) electrons. The van der Waals surface area contributed by atoms with Crippen LogP contribution in [-0.4, -0.2) is 24.3 Å². The van der Waals surface area contributed by atoms with Gasteiger partial charge in [0.1, 0.15) is 0 Å². The molecule has 0 atom stereocenters. The van der Waals surface area contributed by atoms with E-state index in [-0.39, 0.29) is 6.61 Å². The second-order valence-electron chi connectivity index (χ2n) is 5.30. The monoisotopic (exact) mass is 245 g/mol. The first-order valence-electron chi connectivity index (χ1n) is 6.81. The minimum absolute atomic E-state index is 0.112. The second kappa shape index (κ2) is 5.57. The molecule has 0 fully saturated rings. The van der Waals surface area contributed by atoms with Gasteiger partial charge in [0, 0.05) is 18.3 Å². The third-order valence-electron chi connectivity index (χ3n) is 3.71. The Balaban J connectivity index is 2.35. The highest BCUT2D eigenvalue weighted by Crippen LogP contribution is 2.31. The molecule has 2 rings (SSSR count). The molecule has 0 spiro atoms. The molecule has 2 heteroatoms. The standard InChI is InChI=1S/C16H23NO/c1-12(2)17-9-4-5-15-11-14(6-7-16(15)17)13(3)8-10-18/h6-8,11-12,18H,4-5,9-10H2,1-3H3/b13-8-. The summed E-state index contributed by atoms with van der Waals surface area (Å²) in [4.78, 5) is 2.48. The van der Waals surface area contributed by atoms with Crippen LogP contribution in [0.2, 0.25) is 0 Å². The van der Waals surface area contributed by atoms with Crippen LogP contribution in [0.25, 0.3) is 5.57 Å². The van der Waals surface area contributed by atoms with Crippen molar-refractivity contribution in [3.05, 3.63) is 35.4 Å². The quantitative estimate of drug-likeness (QED) is 0.883. The number of aliphatic hydroxyl groups excluding tert-OH is 1.